The SMILES string of the molecule is COC(=O)N1CC[C@@H](NC(=O)CCCc2cc(C)sc2C)C1. The molecule has 122 valence electrons. The van der Waals surface area contributed by atoms with Crippen LogP contribution in [0.2, 0.25) is 0 Å². The maximum atomic E-state index is 12.0. The van der Waals surface area contributed by atoms with E-state index in [1.54, 1.807) is 4.90 Å². The van der Waals surface area contributed by atoms with Crippen LogP contribution in [0.15, 0.2) is 6.07 Å². The van der Waals surface area contributed by atoms with Crippen LogP contribution in [0, 0.1) is 13.8 Å². The van der Waals surface area contributed by atoms with Crippen LogP contribution in [0.4, 0.5) is 4.79 Å². The van der Waals surface area contributed by atoms with E-state index < -0.39 is 0 Å². The van der Waals surface area contributed by atoms with Crippen molar-refractivity contribution >= 4 is 23.3 Å². The van der Waals surface area contributed by atoms with E-state index in [4.69, 9.17) is 0 Å². The number of methoxy groups -OCH3 is 1. The van der Waals surface area contributed by atoms with E-state index in [1.165, 1.54) is 22.4 Å². The first-order valence-corrected chi connectivity index (χ1v) is 8.49. The van der Waals surface area contributed by atoms with Gasteiger partial charge in [-0.25, -0.2) is 4.79 Å². The number of nitrogens with zero attached hydrogens (tertiary/aromatic N) is 1. The van der Waals surface area contributed by atoms with Crippen LogP contribution < -0.4 is 5.32 Å². The van der Waals surface area contributed by atoms with Crippen LogP contribution in [0.3, 0.4) is 0 Å². The number of likely N-dealkylation sites (tertiary alicyclic amines) is 1. The lowest BCUT2D eigenvalue weighted by atomic mass is 10.1. The van der Waals surface area contributed by atoms with Gasteiger partial charge in [0.2, 0.25) is 5.91 Å². The molecule has 0 radical (unpaired) electrons. The summed E-state index contributed by atoms with van der Waals surface area (Å²) in [6, 6.07) is 2.26. The molecule has 0 unspecified atom stereocenters. The van der Waals surface area contributed by atoms with Crippen molar-refractivity contribution in [1.82, 2.24) is 10.2 Å². The summed E-state index contributed by atoms with van der Waals surface area (Å²) in [6.45, 7) is 5.43. The van der Waals surface area contributed by atoms with Gasteiger partial charge in [0.15, 0.2) is 0 Å². The Labute approximate surface area is 135 Å². The van der Waals surface area contributed by atoms with Gasteiger partial charge in [0, 0.05) is 35.3 Å². The molecule has 1 aliphatic heterocycles. The summed E-state index contributed by atoms with van der Waals surface area (Å²) in [4.78, 5) is 27.7. The van der Waals surface area contributed by atoms with Gasteiger partial charge < -0.3 is 15.0 Å². The highest BCUT2D eigenvalue weighted by atomic mass is 32.1. The minimum atomic E-state index is -0.319. The molecule has 2 amide bonds. The average Bonchev–Trinajstić information content (AvgIpc) is 3.05. The lowest BCUT2D eigenvalue weighted by Gasteiger charge is -2.15. The number of carbonyl (C=O) groups excluding carboxylic acids is 2. The van der Waals surface area contributed by atoms with E-state index in [0.717, 1.165) is 19.3 Å². The fraction of sp³-hybridized carbons (Fsp3) is 0.625. The summed E-state index contributed by atoms with van der Waals surface area (Å²) in [5, 5.41) is 3.01. The molecule has 0 bridgehead atoms. The zero-order valence-corrected chi connectivity index (χ0v) is 14.3. The number of aryl methyl sites for hydroxylation is 3. The predicted octanol–water partition coefficient (Wildman–Crippen LogP) is 2.64. The summed E-state index contributed by atoms with van der Waals surface area (Å²) in [5.41, 5.74) is 1.35. The van der Waals surface area contributed by atoms with Gasteiger partial charge in [0.25, 0.3) is 0 Å². The minimum absolute atomic E-state index is 0.0525. The Morgan fingerprint density at radius 1 is 1.45 bits per heavy atom. The van der Waals surface area contributed by atoms with Gasteiger partial charge in [-0.05, 0) is 44.7 Å². The molecule has 2 heterocycles. The summed E-state index contributed by atoms with van der Waals surface area (Å²) in [5.74, 6) is 0.0707. The van der Waals surface area contributed by atoms with Crippen LogP contribution in [0.5, 0.6) is 0 Å². The van der Waals surface area contributed by atoms with Crippen LogP contribution in [-0.4, -0.2) is 43.1 Å². The van der Waals surface area contributed by atoms with E-state index in [1.807, 2.05) is 11.3 Å². The average molecular weight is 324 g/mol. The Balaban J connectivity index is 1.68. The quantitative estimate of drug-likeness (QED) is 0.906. The number of nitrogens with one attached hydrogen (secondary N) is 1. The number of ether oxygens (including phenoxy) is 1. The van der Waals surface area contributed by atoms with Crippen LogP contribution in [0.25, 0.3) is 0 Å². The number of thiophene rings is 1. The molecule has 1 aromatic heterocycles. The fourth-order valence-corrected chi connectivity index (χ4v) is 3.82. The van der Waals surface area contributed by atoms with Crippen molar-refractivity contribution in [3.63, 3.8) is 0 Å². The molecule has 2 rings (SSSR count). The van der Waals surface area contributed by atoms with Crippen molar-refractivity contribution in [2.24, 2.45) is 0 Å². The first kappa shape index (κ1) is 16.8. The Morgan fingerprint density at radius 3 is 2.86 bits per heavy atom. The first-order valence-electron chi connectivity index (χ1n) is 7.67. The van der Waals surface area contributed by atoms with Crippen LogP contribution in [-0.2, 0) is 16.0 Å². The molecule has 1 N–H and O–H groups in total. The van der Waals surface area contributed by atoms with Crippen molar-refractivity contribution in [3.8, 4) is 0 Å². The summed E-state index contributed by atoms with van der Waals surface area (Å²) in [7, 11) is 1.38. The van der Waals surface area contributed by atoms with Crippen LogP contribution >= 0.6 is 11.3 Å². The van der Waals surface area contributed by atoms with Crippen molar-refractivity contribution in [3.05, 3.63) is 21.4 Å². The highest BCUT2D eigenvalue weighted by molar-refractivity contribution is 7.12. The summed E-state index contributed by atoms with van der Waals surface area (Å²) < 4.78 is 4.69. The van der Waals surface area contributed by atoms with Crippen molar-refractivity contribution in [2.45, 2.75) is 45.6 Å². The minimum Gasteiger partial charge on any atom is -0.453 e. The molecular weight excluding hydrogens is 300 g/mol. The van der Waals surface area contributed by atoms with E-state index >= 15 is 0 Å². The van der Waals surface area contributed by atoms with Crippen molar-refractivity contribution < 1.29 is 14.3 Å². The van der Waals surface area contributed by atoms with E-state index in [-0.39, 0.29) is 18.0 Å². The summed E-state index contributed by atoms with van der Waals surface area (Å²) >= 11 is 1.81. The molecule has 1 fully saturated rings. The zero-order valence-electron chi connectivity index (χ0n) is 13.5. The molecule has 0 saturated carbocycles. The van der Waals surface area contributed by atoms with Gasteiger partial charge in [0.1, 0.15) is 0 Å². The smallest absolute Gasteiger partial charge is 0.409 e. The fourth-order valence-electron chi connectivity index (χ4n) is 2.84. The molecule has 1 saturated heterocycles. The predicted molar refractivity (Wildman–Crippen MR) is 87.3 cm³/mol. The molecule has 1 aromatic rings. The Bertz CT molecular complexity index is 541. The highest BCUT2D eigenvalue weighted by Crippen LogP contribution is 2.22. The maximum Gasteiger partial charge on any atom is 0.409 e. The highest BCUT2D eigenvalue weighted by Gasteiger charge is 2.27. The second-order valence-electron chi connectivity index (χ2n) is 5.76. The zero-order chi connectivity index (χ0) is 16.1. The standard InChI is InChI=1S/C16H24N2O3S/c1-11-9-13(12(2)22-11)5-4-6-15(19)17-14-7-8-18(10-14)16(20)21-3/h9,14H,4-8,10H2,1-3H3,(H,17,19)/t14-/m1/s1. The first-order chi connectivity index (χ1) is 10.5. The third-order valence-corrected chi connectivity index (χ3v) is 4.99. The molecular formula is C16H24N2O3S. The second-order valence-corrected chi connectivity index (χ2v) is 7.22. The lowest BCUT2D eigenvalue weighted by molar-refractivity contribution is -0.121. The number of amides is 2. The number of hydrogen-bond acceptors (Lipinski definition) is 4. The van der Waals surface area contributed by atoms with Gasteiger partial charge in [-0.15, -0.1) is 11.3 Å². The molecule has 5 nitrogen and oxygen atoms in total. The Hall–Kier alpha value is -1.56. The molecule has 1 aliphatic rings. The van der Waals surface area contributed by atoms with Gasteiger partial charge >= 0.3 is 6.09 Å². The molecule has 0 aliphatic carbocycles. The number of carbonyl (C=O) groups is 2. The van der Waals surface area contributed by atoms with E-state index in [2.05, 4.69) is 30.0 Å². The largest absolute Gasteiger partial charge is 0.453 e. The second kappa shape index (κ2) is 7.63. The number of rotatable bonds is 5. The third kappa shape index (κ3) is 4.47. The lowest BCUT2D eigenvalue weighted by Crippen LogP contribution is -2.38. The van der Waals surface area contributed by atoms with E-state index in [9.17, 15) is 9.59 Å². The molecule has 0 spiro atoms. The van der Waals surface area contributed by atoms with Gasteiger partial charge in [-0.1, -0.05) is 0 Å². The molecule has 6 heteroatoms. The normalized spacial score (nSPS) is 17.6. The van der Waals surface area contributed by atoms with E-state index in [0.29, 0.717) is 19.5 Å². The van der Waals surface area contributed by atoms with Gasteiger partial charge in [-0.2, -0.15) is 0 Å². The maximum absolute atomic E-state index is 12.0. The topological polar surface area (TPSA) is 58.6 Å². The third-order valence-electron chi connectivity index (χ3n) is 3.98. The molecule has 0 aromatic carbocycles. The monoisotopic (exact) mass is 324 g/mol. The van der Waals surface area contributed by atoms with Crippen LogP contribution in [0.1, 0.15) is 34.6 Å². The molecule has 22 heavy (non-hydrogen) atoms. The Morgan fingerprint density at radius 2 is 2.23 bits per heavy atom. The summed E-state index contributed by atoms with van der Waals surface area (Å²) in [6.07, 6.45) is 2.81. The van der Waals surface area contributed by atoms with Gasteiger partial charge in [-0.3, -0.25) is 4.79 Å². The number of hydrogen-bond donors (Lipinski definition) is 1. The van der Waals surface area contributed by atoms with Crippen molar-refractivity contribution in [2.75, 3.05) is 20.2 Å². The molecule has 1 atom stereocenters. The Kier molecular flexibility index (Phi) is 5.83. The van der Waals surface area contributed by atoms with Crippen molar-refractivity contribution in [1.29, 1.82) is 0 Å². The van der Waals surface area contributed by atoms with Gasteiger partial charge in [0.05, 0.1) is 7.11 Å².